The highest BCUT2D eigenvalue weighted by atomic mass is 31.2. The molecule has 136 valence electrons. The molecule has 0 heterocycles. The fraction of sp³-hybridized carbons (Fsp3) is 0.0870. The molecule has 0 aliphatic heterocycles. The standard InChI is InChI=1S/C23H21O3P/c1-2-26-23(24)18-22(19-12-6-3-7-13-19)27(25,20-14-8-4-9-15-20)21-16-10-5-11-17-21/h3-18H,2H2,1H3/b22-18+. The Hall–Kier alpha value is -2.90. The van der Waals surface area contributed by atoms with Crippen LogP contribution >= 0.6 is 7.14 Å². The summed E-state index contributed by atoms with van der Waals surface area (Å²) < 4.78 is 19.7. The first kappa shape index (κ1) is 18.9. The smallest absolute Gasteiger partial charge is 0.331 e. The Balaban J connectivity index is 2.30. The second kappa shape index (κ2) is 8.66. The van der Waals surface area contributed by atoms with Gasteiger partial charge in [0.2, 0.25) is 0 Å². The molecule has 0 bridgehead atoms. The molecular weight excluding hydrogens is 355 g/mol. The van der Waals surface area contributed by atoms with Gasteiger partial charge in [-0.3, -0.25) is 0 Å². The molecule has 4 heteroatoms. The van der Waals surface area contributed by atoms with Crippen LogP contribution in [-0.2, 0) is 14.1 Å². The zero-order valence-corrected chi connectivity index (χ0v) is 16.0. The third-order valence-electron chi connectivity index (χ3n) is 4.19. The molecule has 3 nitrogen and oxygen atoms in total. The summed E-state index contributed by atoms with van der Waals surface area (Å²) in [6.07, 6.45) is 1.37. The first-order chi connectivity index (χ1) is 13.2. The topological polar surface area (TPSA) is 43.4 Å². The molecule has 0 aromatic heterocycles. The van der Waals surface area contributed by atoms with Gasteiger partial charge in [-0.2, -0.15) is 0 Å². The molecule has 3 rings (SSSR count). The van der Waals surface area contributed by atoms with Gasteiger partial charge >= 0.3 is 5.97 Å². The molecule has 0 amide bonds. The maximum absolute atomic E-state index is 14.6. The fourth-order valence-electron chi connectivity index (χ4n) is 2.96. The minimum atomic E-state index is -3.27. The Kier molecular flexibility index (Phi) is 6.05. The van der Waals surface area contributed by atoms with Crippen LogP contribution in [0, 0.1) is 0 Å². The molecule has 0 spiro atoms. The molecule has 0 fully saturated rings. The summed E-state index contributed by atoms with van der Waals surface area (Å²) in [7, 11) is -3.27. The lowest BCUT2D eigenvalue weighted by atomic mass is 10.2. The van der Waals surface area contributed by atoms with Gasteiger partial charge in [0.15, 0.2) is 7.14 Å². The molecular formula is C23H21O3P. The Morgan fingerprint density at radius 1 is 0.815 bits per heavy atom. The predicted molar refractivity (Wildman–Crippen MR) is 111 cm³/mol. The summed E-state index contributed by atoms with van der Waals surface area (Å²) in [5, 5.41) is 1.82. The highest BCUT2D eigenvalue weighted by Gasteiger charge is 2.33. The average Bonchev–Trinajstić information content (AvgIpc) is 2.73. The number of esters is 1. The van der Waals surface area contributed by atoms with Crippen LogP contribution in [0.1, 0.15) is 12.5 Å². The number of rotatable bonds is 6. The highest BCUT2D eigenvalue weighted by Crippen LogP contribution is 2.56. The van der Waals surface area contributed by atoms with Crippen molar-refractivity contribution in [2.75, 3.05) is 6.61 Å². The Morgan fingerprint density at radius 3 is 1.70 bits per heavy atom. The fourth-order valence-corrected chi connectivity index (χ4v) is 5.80. The van der Waals surface area contributed by atoms with Crippen LogP contribution in [0.3, 0.4) is 0 Å². The molecule has 0 radical (unpaired) electrons. The van der Waals surface area contributed by atoms with Gasteiger partial charge in [0.1, 0.15) is 0 Å². The van der Waals surface area contributed by atoms with Crippen molar-refractivity contribution in [3.63, 3.8) is 0 Å². The predicted octanol–water partition coefficient (Wildman–Crippen LogP) is 4.60. The molecule has 3 aromatic carbocycles. The number of hydrogen-bond donors (Lipinski definition) is 0. The van der Waals surface area contributed by atoms with E-state index in [1.165, 1.54) is 6.08 Å². The lowest BCUT2D eigenvalue weighted by Crippen LogP contribution is -2.18. The van der Waals surface area contributed by atoms with E-state index in [9.17, 15) is 9.36 Å². The molecule has 0 aliphatic rings. The third kappa shape index (κ3) is 4.10. The maximum Gasteiger partial charge on any atom is 0.331 e. The van der Waals surface area contributed by atoms with Crippen molar-refractivity contribution < 1.29 is 14.1 Å². The quantitative estimate of drug-likeness (QED) is 0.359. The van der Waals surface area contributed by atoms with E-state index in [-0.39, 0.29) is 6.61 Å². The minimum absolute atomic E-state index is 0.262. The molecule has 0 saturated heterocycles. The SMILES string of the molecule is CCOC(=O)/C=C(\c1ccccc1)P(=O)(c1ccccc1)c1ccccc1. The Bertz CT molecular complexity index is 921. The number of ether oxygens (including phenoxy) is 1. The number of benzene rings is 3. The van der Waals surface area contributed by atoms with E-state index < -0.39 is 13.1 Å². The van der Waals surface area contributed by atoms with Crippen LogP contribution in [0.2, 0.25) is 0 Å². The first-order valence-electron chi connectivity index (χ1n) is 8.82. The summed E-state index contributed by atoms with van der Waals surface area (Å²) in [5.74, 6) is -0.497. The van der Waals surface area contributed by atoms with Crippen LogP contribution in [-0.4, -0.2) is 12.6 Å². The summed E-state index contributed by atoms with van der Waals surface area (Å²) >= 11 is 0. The monoisotopic (exact) mass is 376 g/mol. The van der Waals surface area contributed by atoms with Crippen molar-refractivity contribution in [2.45, 2.75) is 6.92 Å². The van der Waals surface area contributed by atoms with E-state index in [0.29, 0.717) is 15.9 Å². The zero-order chi connectivity index (χ0) is 19.1. The van der Waals surface area contributed by atoms with Crippen molar-refractivity contribution in [1.29, 1.82) is 0 Å². The van der Waals surface area contributed by atoms with Gasteiger partial charge in [-0.05, 0) is 12.5 Å². The van der Waals surface area contributed by atoms with Gasteiger partial charge in [-0.15, -0.1) is 0 Å². The van der Waals surface area contributed by atoms with Gasteiger partial charge in [0.25, 0.3) is 0 Å². The van der Waals surface area contributed by atoms with E-state index in [2.05, 4.69) is 0 Å². The van der Waals surface area contributed by atoms with E-state index in [1.807, 2.05) is 91.0 Å². The largest absolute Gasteiger partial charge is 0.463 e. The Labute approximate surface area is 159 Å². The number of carbonyl (C=O) groups is 1. The zero-order valence-electron chi connectivity index (χ0n) is 15.1. The van der Waals surface area contributed by atoms with Gasteiger partial charge in [0, 0.05) is 22.0 Å². The van der Waals surface area contributed by atoms with E-state index in [0.717, 1.165) is 5.56 Å². The van der Waals surface area contributed by atoms with Crippen molar-refractivity contribution in [3.05, 3.63) is 103 Å². The second-order valence-corrected chi connectivity index (χ2v) is 8.66. The molecule has 0 saturated carbocycles. The van der Waals surface area contributed by atoms with Crippen LogP contribution in [0.5, 0.6) is 0 Å². The molecule has 0 aliphatic carbocycles. The van der Waals surface area contributed by atoms with Gasteiger partial charge in [-0.25, -0.2) is 4.79 Å². The third-order valence-corrected chi connectivity index (χ3v) is 7.31. The summed E-state index contributed by atoms with van der Waals surface area (Å²) in [6, 6.07) is 27.9. The van der Waals surface area contributed by atoms with Gasteiger partial charge in [-0.1, -0.05) is 91.0 Å². The highest BCUT2D eigenvalue weighted by molar-refractivity contribution is 7.87. The minimum Gasteiger partial charge on any atom is -0.463 e. The first-order valence-corrected chi connectivity index (χ1v) is 10.5. The van der Waals surface area contributed by atoms with E-state index in [1.54, 1.807) is 6.92 Å². The number of hydrogen-bond acceptors (Lipinski definition) is 3. The molecule has 0 N–H and O–H groups in total. The van der Waals surface area contributed by atoms with E-state index >= 15 is 0 Å². The average molecular weight is 376 g/mol. The molecule has 27 heavy (non-hydrogen) atoms. The maximum atomic E-state index is 14.6. The van der Waals surface area contributed by atoms with Gasteiger partial charge < -0.3 is 9.30 Å². The van der Waals surface area contributed by atoms with Crippen LogP contribution < -0.4 is 10.6 Å². The second-order valence-electron chi connectivity index (χ2n) is 5.93. The van der Waals surface area contributed by atoms with Crippen molar-refractivity contribution in [2.24, 2.45) is 0 Å². The summed E-state index contributed by atoms with van der Waals surface area (Å²) in [6.45, 7) is 2.01. The molecule has 0 atom stereocenters. The van der Waals surface area contributed by atoms with Gasteiger partial charge in [0.05, 0.1) is 6.61 Å². The van der Waals surface area contributed by atoms with Crippen LogP contribution in [0.15, 0.2) is 97.1 Å². The van der Waals surface area contributed by atoms with Crippen molar-refractivity contribution >= 4 is 29.0 Å². The summed E-state index contributed by atoms with van der Waals surface area (Å²) in [4.78, 5) is 12.3. The lowest BCUT2D eigenvalue weighted by molar-refractivity contribution is -0.137. The number of carbonyl (C=O) groups excluding carboxylic acids is 1. The lowest BCUT2D eigenvalue weighted by Gasteiger charge is -2.23. The normalized spacial score (nSPS) is 11.8. The van der Waals surface area contributed by atoms with Crippen LogP contribution in [0.4, 0.5) is 0 Å². The van der Waals surface area contributed by atoms with Crippen LogP contribution in [0.25, 0.3) is 5.31 Å². The molecule has 3 aromatic rings. The summed E-state index contributed by atoms with van der Waals surface area (Å²) in [5.41, 5.74) is 0.738. The Morgan fingerprint density at radius 2 is 1.26 bits per heavy atom. The molecule has 0 unspecified atom stereocenters. The van der Waals surface area contributed by atoms with Crippen molar-refractivity contribution in [3.8, 4) is 0 Å². The van der Waals surface area contributed by atoms with Crippen molar-refractivity contribution in [1.82, 2.24) is 0 Å². The van der Waals surface area contributed by atoms with E-state index in [4.69, 9.17) is 4.74 Å².